The number of likely N-dealkylation sites (N-methyl/N-ethyl adjacent to an activating group) is 1. The van der Waals surface area contributed by atoms with Gasteiger partial charge in [-0.05, 0) is 156 Å². The van der Waals surface area contributed by atoms with Crippen LogP contribution in [-0.2, 0) is 53.3 Å². The van der Waals surface area contributed by atoms with E-state index in [0.29, 0.717) is 162 Å². The molecule has 0 spiro atoms. The molecule has 6 saturated heterocycles. The molecule has 3 amide bonds. The first-order valence-electron chi connectivity index (χ1n) is 43.4. The van der Waals surface area contributed by atoms with Crippen molar-refractivity contribution < 1.29 is 33.0 Å². The number of benzene rings is 5. The Bertz CT molecular complexity index is 5450. The topological polar surface area (TPSA) is 266 Å². The molecule has 0 aliphatic carbocycles. The van der Waals surface area contributed by atoms with Crippen molar-refractivity contribution >= 4 is 73.8 Å². The molecule has 9 aliphatic rings. The molecule has 6 fully saturated rings. The summed E-state index contributed by atoms with van der Waals surface area (Å²) in [6, 6.07) is 39.0. The van der Waals surface area contributed by atoms with Crippen LogP contribution in [0.3, 0.4) is 0 Å². The quantitative estimate of drug-likeness (QED) is 0.0509. The van der Waals surface area contributed by atoms with E-state index >= 15 is 4.39 Å². The molecule has 5 aromatic carbocycles. The first kappa shape index (κ1) is 82.3. The summed E-state index contributed by atoms with van der Waals surface area (Å²) < 4.78 is 36.9. The highest BCUT2D eigenvalue weighted by Gasteiger charge is 2.41. The maximum atomic E-state index is 16.8. The zero-order chi connectivity index (χ0) is 84.2. The van der Waals surface area contributed by atoms with Gasteiger partial charge in [0.25, 0.3) is 0 Å². The zero-order valence-electron chi connectivity index (χ0n) is 70.3. The highest BCUT2D eigenvalue weighted by molar-refractivity contribution is 5.96. The molecular weight excluding hydrogens is 1540 g/mol. The summed E-state index contributed by atoms with van der Waals surface area (Å²) in [5, 5.41) is 34.7. The third-order valence-electron chi connectivity index (χ3n) is 26.9. The van der Waals surface area contributed by atoms with Crippen LogP contribution in [0.1, 0.15) is 114 Å². The van der Waals surface area contributed by atoms with Gasteiger partial charge < -0.3 is 63.2 Å². The number of likely N-dealkylation sites (tertiary alicyclic amines) is 3. The molecule has 122 heavy (non-hydrogen) atoms. The molecule has 8 aromatic rings. The molecule has 3 unspecified atom stereocenters. The van der Waals surface area contributed by atoms with E-state index in [9.17, 15) is 30.2 Å². The van der Waals surface area contributed by atoms with Crippen LogP contribution < -0.4 is 43.6 Å². The monoisotopic (exact) mass is 1650 g/mol. The van der Waals surface area contributed by atoms with Crippen LogP contribution in [-0.4, -0.2) is 246 Å². The molecule has 12 heterocycles. The van der Waals surface area contributed by atoms with E-state index in [1.807, 2.05) is 6.92 Å². The average molecular weight is 1650 g/mol. The minimum atomic E-state index is -0.385. The zero-order valence-corrected chi connectivity index (χ0v) is 70.3. The van der Waals surface area contributed by atoms with Crippen LogP contribution >= 0.6 is 0 Å². The number of piperidine rings is 1. The van der Waals surface area contributed by atoms with E-state index in [2.05, 4.69) is 181 Å². The van der Waals surface area contributed by atoms with E-state index < -0.39 is 0 Å². The molecule has 632 valence electrons. The van der Waals surface area contributed by atoms with Crippen molar-refractivity contribution in [2.45, 2.75) is 133 Å². The van der Waals surface area contributed by atoms with Crippen molar-refractivity contribution in [2.24, 2.45) is 5.92 Å². The lowest BCUT2D eigenvalue weighted by molar-refractivity contribution is -0.129. The highest BCUT2D eigenvalue weighted by Crippen LogP contribution is 2.44. The number of carbonyl (C=O) groups is 3. The number of aromatic nitrogens is 6. The Balaban J connectivity index is 0.601. The van der Waals surface area contributed by atoms with Gasteiger partial charge in [-0.2, -0.15) is 45.7 Å². The Labute approximate surface area is 713 Å². The third-order valence-corrected chi connectivity index (χ3v) is 26.9. The number of anilines is 6. The fourth-order valence-corrected chi connectivity index (χ4v) is 20.4. The maximum Gasteiger partial charge on any atom is 0.318 e. The molecule has 28 heteroatoms. The predicted molar refractivity (Wildman–Crippen MR) is 468 cm³/mol. The molecule has 0 N–H and O–H groups in total. The van der Waals surface area contributed by atoms with Gasteiger partial charge in [0.15, 0.2) is 0 Å². The molecule has 0 bridgehead atoms. The SMILES string of the molecule is C=CC(=O)N1CCN(c2nc(OC[C@@H]3CCCN3C)nc3c2CCN(c2cc(C4C[C@@H](COc5nc6c(c(N7CCN(C(=O)C=C)[C@@H](CC#N)C7)n5)CCN(c5cc(C7CCCN(CCOc8nc9c(c(N%10CCN(C(=O)C=C)[C@@H](CC#N)C%10)n8)CCN(c8cccc%10ccccc8%10)C9)C7)cc7ccccc57)C6)CN4C)cc(F)c2C)C3)CC1CC#N. The van der Waals surface area contributed by atoms with Gasteiger partial charge in [0.2, 0.25) is 17.7 Å². The molecule has 9 aliphatic heterocycles. The number of hydrogen-bond donors (Lipinski definition) is 0. The summed E-state index contributed by atoms with van der Waals surface area (Å²) in [5.74, 6) is 1.70. The third kappa shape index (κ3) is 17.1. The van der Waals surface area contributed by atoms with E-state index in [-0.39, 0.29) is 96.9 Å². The lowest BCUT2D eigenvalue weighted by Gasteiger charge is -2.42. The standard InChI is InChI=1S/C94H108FN21O6/c1-7-86(117)114-42-39-111(54-69(114)25-31-96)89-75-28-36-108(82-24-14-19-64-17-10-12-22-73(64)82)57-79(75)99-92(102-89)120-46-45-107-35-15-20-66(53-107)67-48-65-18-11-13-23-74(65)85(50-67)110-38-30-77-81(59-110)100-93(103-90(77)112-40-43-115(87(118)8-2)70(55-112)26-32-97)121-60-63-47-84(106(6)52-63)68-49-78(95)62(4)83(51-68)109-37-29-76-80(58-109)101-94(122-61-72-21-16-34-105(72)5)104-91(76)113-41-44-116(88(119)9-3)71(56-113)27-33-98/h7-14,17-19,22-24,48-51,63,66,69-72,84H,1-3,15-16,20-21,25-30,34-47,52-61H2,4-6H3/t63-,66?,69+,70+,71?,72+,84?/m1/s1. The van der Waals surface area contributed by atoms with Gasteiger partial charge in [0.1, 0.15) is 36.5 Å². The molecule has 0 saturated carbocycles. The summed E-state index contributed by atoms with van der Waals surface area (Å²) in [7, 11) is 4.20. The summed E-state index contributed by atoms with van der Waals surface area (Å²) in [6.45, 7) is 25.9. The van der Waals surface area contributed by atoms with Gasteiger partial charge in [-0.25, -0.2) is 4.39 Å². The van der Waals surface area contributed by atoms with E-state index in [0.717, 1.165) is 136 Å². The number of fused-ring (bicyclic) bond motifs is 5. The van der Waals surface area contributed by atoms with E-state index in [4.69, 9.17) is 44.1 Å². The minimum absolute atomic E-state index is 0.0264. The second-order valence-electron chi connectivity index (χ2n) is 34.2. The Morgan fingerprint density at radius 1 is 0.484 bits per heavy atom. The van der Waals surface area contributed by atoms with Crippen molar-refractivity contribution in [3.63, 3.8) is 0 Å². The van der Waals surface area contributed by atoms with Gasteiger partial charge in [-0.1, -0.05) is 86.5 Å². The summed E-state index contributed by atoms with van der Waals surface area (Å²) in [6.07, 6.45) is 11.2. The normalized spacial score (nSPS) is 22.1. The molecule has 17 rings (SSSR count). The molecular formula is C94H108FN21O6. The van der Waals surface area contributed by atoms with Gasteiger partial charge in [-0.3, -0.25) is 24.2 Å². The molecule has 3 aromatic heterocycles. The Hall–Kier alpha value is -12.0. The number of hydrogen-bond acceptors (Lipinski definition) is 24. The highest BCUT2D eigenvalue weighted by atomic mass is 19.1. The Morgan fingerprint density at radius 2 is 0.967 bits per heavy atom. The number of ether oxygens (including phenoxy) is 3. The van der Waals surface area contributed by atoms with Crippen LogP contribution in [0.4, 0.5) is 38.9 Å². The van der Waals surface area contributed by atoms with Crippen LogP contribution in [0.2, 0.25) is 0 Å². The Kier molecular flexibility index (Phi) is 24.5. The minimum Gasteiger partial charge on any atom is -0.463 e. The van der Waals surface area contributed by atoms with Crippen molar-refractivity contribution in [3.05, 3.63) is 185 Å². The van der Waals surface area contributed by atoms with Crippen LogP contribution in [0.5, 0.6) is 18.0 Å². The van der Waals surface area contributed by atoms with Gasteiger partial charge in [0.05, 0.1) is 98.9 Å². The number of rotatable bonds is 24. The average Bonchev–Trinajstić information content (AvgIpc) is 0.932. The fourth-order valence-electron chi connectivity index (χ4n) is 20.4. The first-order chi connectivity index (χ1) is 59.5. The van der Waals surface area contributed by atoms with Gasteiger partial charge in [0, 0.05) is 166 Å². The lowest BCUT2D eigenvalue weighted by atomic mass is 9.88. The van der Waals surface area contributed by atoms with Crippen molar-refractivity contribution in [3.8, 4) is 36.2 Å². The molecule has 0 radical (unpaired) electrons. The number of nitriles is 3. The van der Waals surface area contributed by atoms with Crippen molar-refractivity contribution in [1.82, 2.24) is 59.3 Å². The second-order valence-corrected chi connectivity index (χ2v) is 34.2. The number of halogens is 1. The summed E-state index contributed by atoms with van der Waals surface area (Å²) in [5.41, 5.74) is 11.4. The number of nitrogens with zero attached hydrogens (tertiary/aromatic N) is 21. The summed E-state index contributed by atoms with van der Waals surface area (Å²) in [4.78, 5) is 96.6. The Morgan fingerprint density at radius 3 is 1.50 bits per heavy atom. The number of piperazine rings is 3. The van der Waals surface area contributed by atoms with Crippen LogP contribution in [0.15, 0.2) is 129 Å². The van der Waals surface area contributed by atoms with Crippen LogP contribution in [0.25, 0.3) is 21.5 Å². The molecule has 27 nitrogen and oxygen atoms in total. The van der Waals surface area contributed by atoms with Crippen molar-refractivity contribution in [2.75, 3.05) is 175 Å². The second kappa shape index (κ2) is 36.3. The lowest BCUT2D eigenvalue weighted by Crippen LogP contribution is -2.55. The first-order valence-corrected chi connectivity index (χ1v) is 43.4. The smallest absolute Gasteiger partial charge is 0.318 e. The van der Waals surface area contributed by atoms with Crippen molar-refractivity contribution in [1.29, 1.82) is 15.8 Å². The molecule has 7 atom stereocenters. The number of carbonyl (C=O) groups excluding carboxylic acids is 3. The largest absolute Gasteiger partial charge is 0.463 e. The summed E-state index contributed by atoms with van der Waals surface area (Å²) >= 11 is 0. The van der Waals surface area contributed by atoms with Gasteiger partial charge >= 0.3 is 18.0 Å². The van der Waals surface area contributed by atoms with Crippen LogP contribution in [0, 0.1) is 52.7 Å². The number of amides is 3. The van der Waals surface area contributed by atoms with E-state index in [1.54, 1.807) is 20.8 Å². The fraction of sp³-hybridized carbons (Fsp3) is 0.468. The maximum absolute atomic E-state index is 16.8. The van der Waals surface area contributed by atoms with E-state index in [1.165, 1.54) is 34.6 Å². The predicted octanol–water partition coefficient (Wildman–Crippen LogP) is 10.7. The van der Waals surface area contributed by atoms with Gasteiger partial charge in [-0.15, -0.1) is 0 Å².